The molecule has 3 N–H and O–H groups in total. The Bertz CT molecular complexity index is 182. The second kappa shape index (κ2) is 3.56. The Morgan fingerprint density at radius 1 is 1.67 bits per heavy atom. The molecular formula is C8H15N3O. The SMILES string of the molecule is CC(=O)N1CCCC(C(=N)N)C1. The lowest BCUT2D eigenvalue weighted by Crippen LogP contribution is -2.42. The number of piperidine rings is 1. The number of rotatable bonds is 1. The average molecular weight is 169 g/mol. The van der Waals surface area contributed by atoms with Gasteiger partial charge >= 0.3 is 0 Å². The standard InChI is InChI=1S/C8H15N3O/c1-6(12)11-4-2-3-7(5-11)8(9)10/h7H,2-5H2,1H3,(H3,9,10). The second-order valence-electron chi connectivity index (χ2n) is 3.26. The van der Waals surface area contributed by atoms with Crippen LogP contribution < -0.4 is 5.73 Å². The summed E-state index contributed by atoms with van der Waals surface area (Å²) in [4.78, 5) is 12.7. The van der Waals surface area contributed by atoms with Gasteiger partial charge in [-0.2, -0.15) is 0 Å². The van der Waals surface area contributed by atoms with Crippen LogP contribution in [0, 0.1) is 11.3 Å². The Balaban J connectivity index is 2.51. The number of nitrogens with zero attached hydrogens (tertiary/aromatic N) is 1. The Morgan fingerprint density at radius 2 is 2.33 bits per heavy atom. The van der Waals surface area contributed by atoms with Gasteiger partial charge in [0.1, 0.15) is 0 Å². The van der Waals surface area contributed by atoms with Gasteiger partial charge in [-0.3, -0.25) is 10.2 Å². The topological polar surface area (TPSA) is 70.2 Å². The van der Waals surface area contributed by atoms with Gasteiger partial charge < -0.3 is 10.6 Å². The summed E-state index contributed by atoms with van der Waals surface area (Å²) in [5.41, 5.74) is 5.37. The smallest absolute Gasteiger partial charge is 0.219 e. The number of carbonyl (C=O) groups excluding carboxylic acids is 1. The number of hydrogen-bond acceptors (Lipinski definition) is 2. The first-order valence-corrected chi connectivity index (χ1v) is 4.20. The van der Waals surface area contributed by atoms with Gasteiger partial charge in [-0.05, 0) is 12.8 Å². The fourth-order valence-electron chi connectivity index (χ4n) is 1.52. The quantitative estimate of drug-likeness (QED) is 0.434. The van der Waals surface area contributed by atoms with Gasteiger partial charge in [0.2, 0.25) is 5.91 Å². The van der Waals surface area contributed by atoms with Crippen molar-refractivity contribution in [2.45, 2.75) is 19.8 Å². The molecule has 1 amide bonds. The molecule has 1 aliphatic rings. The minimum atomic E-state index is 0.0842. The van der Waals surface area contributed by atoms with Crippen molar-refractivity contribution in [3.8, 4) is 0 Å². The summed E-state index contributed by atoms with van der Waals surface area (Å²) in [6, 6.07) is 0. The van der Waals surface area contributed by atoms with Crippen molar-refractivity contribution in [3.63, 3.8) is 0 Å². The molecule has 4 nitrogen and oxygen atoms in total. The van der Waals surface area contributed by atoms with E-state index >= 15 is 0 Å². The van der Waals surface area contributed by atoms with E-state index in [1.165, 1.54) is 0 Å². The van der Waals surface area contributed by atoms with Crippen LogP contribution >= 0.6 is 0 Å². The molecule has 0 radical (unpaired) electrons. The fraction of sp³-hybridized carbons (Fsp3) is 0.750. The van der Waals surface area contributed by atoms with Crippen molar-refractivity contribution >= 4 is 11.7 Å². The van der Waals surface area contributed by atoms with E-state index in [1.54, 1.807) is 11.8 Å². The van der Waals surface area contributed by atoms with Crippen LogP contribution in [-0.2, 0) is 4.79 Å². The normalized spacial score (nSPS) is 23.8. The third-order valence-electron chi connectivity index (χ3n) is 2.31. The Labute approximate surface area is 72.2 Å². The van der Waals surface area contributed by atoms with Crippen molar-refractivity contribution in [2.75, 3.05) is 13.1 Å². The highest BCUT2D eigenvalue weighted by molar-refractivity contribution is 5.81. The van der Waals surface area contributed by atoms with Gasteiger partial charge in [-0.25, -0.2) is 0 Å². The maximum absolute atomic E-state index is 11.0. The summed E-state index contributed by atoms with van der Waals surface area (Å²) in [6.45, 7) is 3.01. The van der Waals surface area contributed by atoms with Crippen molar-refractivity contribution in [3.05, 3.63) is 0 Å². The molecule has 4 heteroatoms. The van der Waals surface area contributed by atoms with Gasteiger partial charge in [-0.1, -0.05) is 0 Å². The van der Waals surface area contributed by atoms with Gasteiger partial charge in [0.25, 0.3) is 0 Å². The third-order valence-corrected chi connectivity index (χ3v) is 2.31. The van der Waals surface area contributed by atoms with Gasteiger partial charge in [0, 0.05) is 25.9 Å². The molecule has 1 atom stereocenters. The van der Waals surface area contributed by atoms with Crippen LogP contribution in [0.25, 0.3) is 0 Å². The molecule has 1 heterocycles. The van der Waals surface area contributed by atoms with Crippen LogP contribution in [0.1, 0.15) is 19.8 Å². The van der Waals surface area contributed by atoms with E-state index in [9.17, 15) is 4.79 Å². The lowest BCUT2D eigenvalue weighted by molar-refractivity contribution is -0.130. The van der Waals surface area contributed by atoms with Crippen LogP contribution in [0.2, 0.25) is 0 Å². The highest BCUT2D eigenvalue weighted by atomic mass is 16.2. The molecular weight excluding hydrogens is 154 g/mol. The molecule has 1 aliphatic heterocycles. The van der Waals surface area contributed by atoms with Crippen LogP contribution in [0.15, 0.2) is 0 Å². The molecule has 0 aromatic heterocycles. The first kappa shape index (κ1) is 9.03. The molecule has 0 aliphatic carbocycles. The number of likely N-dealkylation sites (tertiary alicyclic amines) is 1. The van der Waals surface area contributed by atoms with E-state index in [4.69, 9.17) is 11.1 Å². The first-order valence-electron chi connectivity index (χ1n) is 4.20. The highest BCUT2D eigenvalue weighted by Gasteiger charge is 2.22. The van der Waals surface area contributed by atoms with Crippen LogP contribution in [0.5, 0.6) is 0 Å². The zero-order valence-electron chi connectivity index (χ0n) is 7.34. The maximum atomic E-state index is 11.0. The highest BCUT2D eigenvalue weighted by Crippen LogP contribution is 2.15. The van der Waals surface area contributed by atoms with Crippen molar-refractivity contribution in [1.82, 2.24) is 4.90 Å². The van der Waals surface area contributed by atoms with Crippen molar-refractivity contribution in [2.24, 2.45) is 11.7 Å². The number of amidine groups is 1. The van der Waals surface area contributed by atoms with E-state index in [1.807, 2.05) is 0 Å². The van der Waals surface area contributed by atoms with E-state index in [-0.39, 0.29) is 17.7 Å². The zero-order chi connectivity index (χ0) is 9.14. The summed E-state index contributed by atoms with van der Waals surface area (Å²) in [5, 5.41) is 7.26. The van der Waals surface area contributed by atoms with Crippen molar-refractivity contribution in [1.29, 1.82) is 5.41 Å². The maximum Gasteiger partial charge on any atom is 0.219 e. The monoisotopic (exact) mass is 169 g/mol. The van der Waals surface area contributed by atoms with Gasteiger partial charge in [-0.15, -0.1) is 0 Å². The van der Waals surface area contributed by atoms with E-state index in [0.29, 0.717) is 6.54 Å². The molecule has 0 spiro atoms. The number of carbonyl (C=O) groups is 1. The van der Waals surface area contributed by atoms with Crippen LogP contribution in [-0.4, -0.2) is 29.7 Å². The molecule has 1 unspecified atom stereocenters. The Hall–Kier alpha value is -1.06. The molecule has 0 aromatic rings. The molecule has 12 heavy (non-hydrogen) atoms. The Morgan fingerprint density at radius 3 is 2.83 bits per heavy atom. The lowest BCUT2D eigenvalue weighted by Gasteiger charge is -2.31. The molecule has 0 saturated carbocycles. The largest absolute Gasteiger partial charge is 0.387 e. The predicted octanol–water partition coefficient (Wildman–Crippen LogP) is 0.181. The summed E-state index contributed by atoms with van der Waals surface area (Å²) < 4.78 is 0. The number of hydrogen-bond donors (Lipinski definition) is 2. The number of nitrogens with one attached hydrogen (secondary N) is 1. The fourth-order valence-corrected chi connectivity index (χ4v) is 1.52. The minimum Gasteiger partial charge on any atom is -0.387 e. The molecule has 68 valence electrons. The predicted molar refractivity (Wildman–Crippen MR) is 46.9 cm³/mol. The summed E-state index contributed by atoms with van der Waals surface area (Å²) in [7, 11) is 0. The van der Waals surface area contributed by atoms with Crippen molar-refractivity contribution < 1.29 is 4.79 Å². The number of amides is 1. The number of nitrogens with two attached hydrogens (primary N) is 1. The van der Waals surface area contributed by atoms with Crippen LogP contribution in [0.3, 0.4) is 0 Å². The van der Waals surface area contributed by atoms with Crippen LogP contribution in [0.4, 0.5) is 0 Å². The summed E-state index contributed by atoms with van der Waals surface area (Å²) in [6.07, 6.45) is 1.91. The van der Waals surface area contributed by atoms with E-state index < -0.39 is 0 Å². The van der Waals surface area contributed by atoms with E-state index in [2.05, 4.69) is 0 Å². The third kappa shape index (κ3) is 1.96. The van der Waals surface area contributed by atoms with Gasteiger partial charge in [0.15, 0.2) is 0 Å². The van der Waals surface area contributed by atoms with E-state index in [0.717, 1.165) is 19.4 Å². The Kier molecular flexibility index (Phi) is 2.68. The zero-order valence-corrected chi connectivity index (χ0v) is 7.34. The summed E-state index contributed by atoms with van der Waals surface area (Å²) in [5.74, 6) is 0.379. The molecule has 0 bridgehead atoms. The lowest BCUT2D eigenvalue weighted by atomic mass is 9.97. The average Bonchev–Trinajstić information content (AvgIpc) is 2.04. The summed E-state index contributed by atoms with van der Waals surface area (Å²) >= 11 is 0. The molecule has 1 saturated heterocycles. The second-order valence-corrected chi connectivity index (χ2v) is 3.26. The first-order chi connectivity index (χ1) is 5.61. The molecule has 1 rings (SSSR count). The molecule has 0 aromatic carbocycles. The minimum absolute atomic E-state index is 0.0842. The van der Waals surface area contributed by atoms with Gasteiger partial charge in [0.05, 0.1) is 5.84 Å². The molecule has 1 fully saturated rings.